The first-order valence-corrected chi connectivity index (χ1v) is 7.80. The number of carbonyl (C=O) groups excluding carboxylic acids is 2. The fraction of sp³-hybridized carbons (Fsp3) is 0.769. The van der Waals surface area contributed by atoms with Gasteiger partial charge < -0.3 is 15.3 Å². The molecule has 0 aromatic heterocycles. The number of rotatable bonds is 5. The summed E-state index contributed by atoms with van der Waals surface area (Å²) in [4.78, 5) is 36.2. The fourth-order valence-electron chi connectivity index (χ4n) is 2.77. The Balaban J connectivity index is 1.93. The minimum atomic E-state index is -0.871. The molecule has 2 aliphatic heterocycles. The van der Waals surface area contributed by atoms with Crippen LogP contribution in [0.1, 0.15) is 39.5 Å². The molecule has 2 aliphatic rings. The summed E-state index contributed by atoms with van der Waals surface area (Å²) in [6.07, 6.45) is 1.71. The third kappa shape index (κ3) is 2.92. The van der Waals surface area contributed by atoms with Crippen LogP contribution in [0.2, 0.25) is 0 Å². The molecule has 0 spiro atoms. The average molecular weight is 300 g/mol. The van der Waals surface area contributed by atoms with Crippen molar-refractivity contribution in [3.8, 4) is 0 Å². The monoisotopic (exact) mass is 300 g/mol. The molecule has 0 aliphatic carbocycles. The second kappa shape index (κ2) is 5.63. The molecular formula is C13H20N2O4S. The number of aliphatic carboxylic acids is 1. The van der Waals surface area contributed by atoms with E-state index in [0.29, 0.717) is 18.6 Å². The summed E-state index contributed by atoms with van der Waals surface area (Å²) in [6, 6.07) is -0.625. The number of hydrogen-bond donors (Lipinski definition) is 2. The van der Waals surface area contributed by atoms with E-state index in [4.69, 9.17) is 5.11 Å². The lowest BCUT2D eigenvalue weighted by Gasteiger charge is -2.30. The summed E-state index contributed by atoms with van der Waals surface area (Å²) < 4.78 is 0. The molecule has 0 saturated carbocycles. The van der Waals surface area contributed by atoms with Crippen molar-refractivity contribution in [2.75, 3.05) is 5.75 Å². The van der Waals surface area contributed by atoms with E-state index in [-0.39, 0.29) is 29.1 Å². The van der Waals surface area contributed by atoms with E-state index in [2.05, 4.69) is 5.32 Å². The van der Waals surface area contributed by atoms with Crippen molar-refractivity contribution in [2.45, 2.75) is 56.5 Å². The lowest BCUT2D eigenvalue weighted by atomic mass is 10.1. The lowest BCUT2D eigenvalue weighted by Crippen LogP contribution is -2.51. The van der Waals surface area contributed by atoms with Gasteiger partial charge in [0.05, 0.1) is 4.87 Å². The Bertz CT molecular complexity index is 442. The van der Waals surface area contributed by atoms with E-state index < -0.39 is 12.0 Å². The van der Waals surface area contributed by atoms with Crippen LogP contribution in [0.4, 0.5) is 0 Å². The topological polar surface area (TPSA) is 86.7 Å². The first-order chi connectivity index (χ1) is 9.33. The molecule has 2 rings (SSSR count). The van der Waals surface area contributed by atoms with Gasteiger partial charge >= 0.3 is 5.97 Å². The lowest BCUT2D eigenvalue weighted by molar-refractivity contribution is -0.138. The van der Waals surface area contributed by atoms with Gasteiger partial charge in [-0.15, -0.1) is 11.8 Å². The van der Waals surface area contributed by atoms with Gasteiger partial charge in [0.25, 0.3) is 0 Å². The molecule has 2 N–H and O–H groups in total. The molecule has 2 saturated heterocycles. The number of nitrogens with one attached hydrogen (secondary N) is 1. The Hall–Kier alpha value is -1.24. The van der Waals surface area contributed by atoms with Gasteiger partial charge in [0.2, 0.25) is 11.8 Å². The number of carboxylic acids is 1. The van der Waals surface area contributed by atoms with E-state index >= 15 is 0 Å². The minimum Gasteiger partial charge on any atom is -0.481 e. The SMILES string of the molecule is CC(CCC(=O)O)NC(=O)C1CSC2(C)CCC(=O)N12. The number of nitrogens with zero attached hydrogens (tertiary/aromatic N) is 1. The van der Waals surface area contributed by atoms with Gasteiger partial charge in [0, 0.05) is 24.6 Å². The highest BCUT2D eigenvalue weighted by atomic mass is 32.2. The summed E-state index contributed by atoms with van der Waals surface area (Å²) in [5.41, 5.74) is 0. The standard InChI is InChI=1S/C13H20N2O4S/c1-8(3-4-11(17)18)14-12(19)9-7-20-13(2)6-5-10(16)15(9)13/h8-9H,3-7H2,1-2H3,(H,14,19)(H,17,18). The maximum atomic E-state index is 12.3. The van der Waals surface area contributed by atoms with Gasteiger partial charge in [-0.25, -0.2) is 0 Å². The number of thioether (sulfide) groups is 1. The Morgan fingerprint density at radius 3 is 2.95 bits per heavy atom. The highest BCUT2D eigenvalue weighted by molar-refractivity contribution is 8.01. The molecule has 2 heterocycles. The number of carbonyl (C=O) groups is 3. The summed E-state index contributed by atoms with van der Waals surface area (Å²) in [5, 5.41) is 11.4. The molecule has 0 radical (unpaired) electrons. The number of fused-ring (bicyclic) bond motifs is 1. The smallest absolute Gasteiger partial charge is 0.303 e. The first kappa shape index (κ1) is 15.2. The van der Waals surface area contributed by atoms with E-state index in [9.17, 15) is 14.4 Å². The van der Waals surface area contributed by atoms with Crippen molar-refractivity contribution >= 4 is 29.5 Å². The van der Waals surface area contributed by atoms with Crippen LogP contribution in [0.15, 0.2) is 0 Å². The maximum absolute atomic E-state index is 12.3. The zero-order valence-electron chi connectivity index (χ0n) is 11.7. The molecule has 0 bridgehead atoms. The Labute approximate surface area is 122 Å². The summed E-state index contributed by atoms with van der Waals surface area (Å²) in [6.45, 7) is 3.79. The van der Waals surface area contributed by atoms with Crippen LogP contribution in [0.3, 0.4) is 0 Å². The van der Waals surface area contributed by atoms with Gasteiger partial charge in [-0.1, -0.05) is 0 Å². The van der Waals surface area contributed by atoms with Crippen LogP contribution in [0, 0.1) is 0 Å². The van der Waals surface area contributed by atoms with Gasteiger partial charge in [-0.2, -0.15) is 0 Å². The molecule has 6 nitrogen and oxygen atoms in total. The Morgan fingerprint density at radius 2 is 2.30 bits per heavy atom. The summed E-state index contributed by atoms with van der Waals surface area (Å²) in [5.74, 6) is -0.394. The van der Waals surface area contributed by atoms with Gasteiger partial charge in [-0.3, -0.25) is 14.4 Å². The molecular weight excluding hydrogens is 280 g/mol. The van der Waals surface area contributed by atoms with Crippen LogP contribution in [-0.2, 0) is 14.4 Å². The number of hydrogen-bond acceptors (Lipinski definition) is 4. The second-order valence-corrected chi connectivity index (χ2v) is 7.11. The number of amides is 2. The third-order valence-corrected chi connectivity index (χ3v) is 5.43. The van der Waals surface area contributed by atoms with Crippen molar-refractivity contribution in [3.05, 3.63) is 0 Å². The molecule has 3 unspecified atom stereocenters. The minimum absolute atomic E-state index is 0.0290. The molecule has 7 heteroatoms. The molecule has 0 aromatic rings. The van der Waals surface area contributed by atoms with E-state index in [1.807, 2.05) is 6.92 Å². The van der Waals surface area contributed by atoms with Crippen LogP contribution in [-0.4, -0.2) is 50.5 Å². The molecule has 112 valence electrons. The van der Waals surface area contributed by atoms with Crippen molar-refractivity contribution in [1.82, 2.24) is 10.2 Å². The van der Waals surface area contributed by atoms with Crippen molar-refractivity contribution in [1.29, 1.82) is 0 Å². The normalized spacial score (nSPS) is 30.2. The molecule has 3 atom stereocenters. The molecule has 20 heavy (non-hydrogen) atoms. The van der Waals surface area contributed by atoms with E-state index in [1.54, 1.807) is 23.6 Å². The fourth-order valence-corrected chi connectivity index (χ4v) is 4.20. The average Bonchev–Trinajstić information content (AvgIpc) is 2.84. The predicted octanol–water partition coefficient (Wildman–Crippen LogP) is 0.810. The Morgan fingerprint density at radius 1 is 1.60 bits per heavy atom. The second-order valence-electron chi connectivity index (χ2n) is 5.61. The van der Waals surface area contributed by atoms with E-state index in [0.717, 1.165) is 6.42 Å². The largest absolute Gasteiger partial charge is 0.481 e. The Kier molecular flexibility index (Phi) is 4.27. The molecule has 2 fully saturated rings. The summed E-state index contributed by atoms with van der Waals surface area (Å²) >= 11 is 1.65. The summed E-state index contributed by atoms with van der Waals surface area (Å²) in [7, 11) is 0. The zero-order valence-corrected chi connectivity index (χ0v) is 12.5. The quantitative estimate of drug-likeness (QED) is 0.784. The molecule has 2 amide bonds. The molecule has 0 aromatic carbocycles. The highest BCUT2D eigenvalue weighted by Crippen LogP contribution is 2.47. The number of carboxylic acid groups (broad SMARTS) is 1. The van der Waals surface area contributed by atoms with Crippen LogP contribution < -0.4 is 5.32 Å². The van der Waals surface area contributed by atoms with Crippen LogP contribution in [0.5, 0.6) is 0 Å². The first-order valence-electron chi connectivity index (χ1n) is 6.82. The van der Waals surface area contributed by atoms with E-state index in [1.165, 1.54) is 0 Å². The van der Waals surface area contributed by atoms with Crippen molar-refractivity contribution < 1.29 is 19.5 Å². The van der Waals surface area contributed by atoms with Gasteiger partial charge in [0.15, 0.2) is 0 Å². The highest BCUT2D eigenvalue weighted by Gasteiger charge is 2.52. The van der Waals surface area contributed by atoms with Crippen LogP contribution in [0.25, 0.3) is 0 Å². The third-order valence-electron chi connectivity index (χ3n) is 3.93. The van der Waals surface area contributed by atoms with Crippen LogP contribution >= 0.6 is 11.8 Å². The maximum Gasteiger partial charge on any atom is 0.303 e. The van der Waals surface area contributed by atoms with Gasteiger partial charge in [-0.05, 0) is 26.7 Å². The zero-order chi connectivity index (χ0) is 14.9. The van der Waals surface area contributed by atoms with Crippen molar-refractivity contribution in [3.63, 3.8) is 0 Å². The van der Waals surface area contributed by atoms with Crippen molar-refractivity contribution in [2.24, 2.45) is 0 Å². The van der Waals surface area contributed by atoms with Gasteiger partial charge in [0.1, 0.15) is 6.04 Å². The predicted molar refractivity (Wildman–Crippen MR) is 75.2 cm³/mol.